The standard InChI is InChI=1S/C12H20N2O5.C10H17NO4.C3H6O2/c1-4-11(17)14-8(6-10(13)16)9(15)5-7(2)12(18)19-3;1-6(5-9(11)13)8(12)4-7(2)10(14)15-3;1-2-3(4)5/h7-8H,4-6H2,1-3H3,(H2,13,16)(H,14,17);6-7H,4-5H2,1-3H3,(H2,11,13);2H2,1H3,(H,4,5)/t7-,8+;6-,7+;/m10./s1. The van der Waals surface area contributed by atoms with Crippen LogP contribution in [-0.2, 0) is 47.8 Å². The van der Waals surface area contributed by atoms with Gasteiger partial charge in [-0.3, -0.25) is 38.4 Å². The number of carbonyl (C=O) groups excluding carboxylic acids is 7. The number of methoxy groups -OCH3 is 2. The Labute approximate surface area is 228 Å². The van der Waals surface area contributed by atoms with Gasteiger partial charge in [-0.15, -0.1) is 0 Å². The predicted molar refractivity (Wildman–Crippen MR) is 139 cm³/mol. The molecule has 4 atom stereocenters. The minimum absolute atomic E-state index is 0.0206. The second kappa shape index (κ2) is 22.2. The van der Waals surface area contributed by atoms with Crippen LogP contribution in [0.3, 0.4) is 0 Å². The van der Waals surface area contributed by atoms with Crippen LogP contribution in [0.2, 0.25) is 0 Å². The Hall–Kier alpha value is -3.84. The van der Waals surface area contributed by atoms with Crippen LogP contribution in [-0.4, -0.2) is 72.6 Å². The summed E-state index contributed by atoms with van der Waals surface area (Å²) in [4.78, 5) is 87.8. The largest absolute Gasteiger partial charge is 0.481 e. The van der Waals surface area contributed by atoms with E-state index in [1.807, 2.05) is 0 Å². The topological polar surface area (TPSA) is 239 Å². The highest BCUT2D eigenvalue weighted by Crippen LogP contribution is 2.12. The zero-order valence-electron chi connectivity index (χ0n) is 23.7. The summed E-state index contributed by atoms with van der Waals surface area (Å²) in [6.07, 6.45) is 0.121. The number of primary amides is 2. The first-order valence-electron chi connectivity index (χ1n) is 12.3. The molecule has 0 fully saturated rings. The lowest BCUT2D eigenvalue weighted by Gasteiger charge is -2.17. The van der Waals surface area contributed by atoms with Crippen molar-refractivity contribution < 1.29 is 52.9 Å². The predicted octanol–water partition coefficient (Wildman–Crippen LogP) is 0.272. The maximum absolute atomic E-state index is 11.9. The third-order valence-electron chi connectivity index (χ3n) is 5.03. The molecule has 0 aliphatic rings. The maximum atomic E-state index is 11.9. The van der Waals surface area contributed by atoms with E-state index in [2.05, 4.69) is 14.8 Å². The number of nitrogens with two attached hydrogens (primary N) is 2. The smallest absolute Gasteiger partial charge is 0.308 e. The summed E-state index contributed by atoms with van der Waals surface area (Å²) in [5.41, 5.74) is 10.00. The van der Waals surface area contributed by atoms with Crippen molar-refractivity contribution in [2.45, 2.75) is 79.2 Å². The first-order valence-corrected chi connectivity index (χ1v) is 12.3. The first kappa shape index (κ1) is 39.7. The molecule has 0 aromatic rings. The van der Waals surface area contributed by atoms with Crippen molar-refractivity contribution in [2.75, 3.05) is 14.2 Å². The molecule has 0 spiro atoms. The van der Waals surface area contributed by atoms with Gasteiger partial charge in [-0.05, 0) is 0 Å². The number of ketones is 2. The molecule has 14 heteroatoms. The van der Waals surface area contributed by atoms with E-state index in [1.54, 1.807) is 27.7 Å². The quantitative estimate of drug-likeness (QED) is 0.198. The van der Waals surface area contributed by atoms with Crippen LogP contribution in [0.1, 0.15) is 73.1 Å². The fourth-order valence-electron chi connectivity index (χ4n) is 2.67. The first-order chi connectivity index (χ1) is 18.0. The van der Waals surface area contributed by atoms with Gasteiger partial charge in [0.25, 0.3) is 0 Å². The summed E-state index contributed by atoms with van der Waals surface area (Å²) in [6.45, 7) is 7.99. The van der Waals surface area contributed by atoms with Gasteiger partial charge in [0.1, 0.15) is 5.78 Å². The number of hydrogen-bond donors (Lipinski definition) is 4. The van der Waals surface area contributed by atoms with Crippen molar-refractivity contribution in [1.29, 1.82) is 0 Å². The maximum Gasteiger partial charge on any atom is 0.308 e. The number of aliphatic carboxylic acids is 1. The van der Waals surface area contributed by atoms with E-state index < -0.39 is 59.3 Å². The molecule has 224 valence electrons. The number of Topliss-reactive ketones (excluding diaryl/α,β-unsaturated/α-hetero) is 2. The van der Waals surface area contributed by atoms with Gasteiger partial charge in [0.15, 0.2) is 5.78 Å². The van der Waals surface area contributed by atoms with E-state index in [-0.39, 0.29) is 50.2 Å². The van der Waals surface area contributed by atoms with Crippen LogP contribution in [0.4, 0.5) is 0 Å². The number of ether oxygens (including phenoxy) is 2. The minimum Gasteiger partial charge on any atom is -0.481 e. The number of rotatable bonds is 15. The molecule has 0 aliphatic heterocycles. The van der Waals surface area contributed by atoms with Crippen LogP contribution in [0.15, 0.2) is 0 Å². The number of amides is 3. The fourth-order valence-corrected chi connectivity index (χ4v) is 2.67. The molecule has 0 saturated carbocycles. The Morgan fingerprint density at radius 2 is 1.05 bits per heavy atom. The highest BCUT2D eigenvalue weighted by Gasteiger charge is 2.26. The Balaban J connectivity index is -0.000000576. The summed E-state index contributed by atoms with van der Waals surface area (Å²) in [5.74, 6) is -5.36. The molecule has 0 radical (unpaired) electrons. The SMILES string of the molecule is CCC(=O)N[C@@H](CC(N)=O)C(=O)C[C@@H](C)C(=O)OC.CCC(=O)O.COC(=O)[C@H](C)CC(=O)[C@@H](C)CC(N)=O. The zero-order valence-corrected chi connectivity index (χ0v) is 23.7. The second-order valence-corrected chi connectivity index (χ2v) is 8.65. The summed E-state index contributed by atoms with van der Waals surface area (Å²) in [5, 5.41) is 10.1. The van der Waals surface area contributed by atoms with E-state index in [4.69, 9.17) is 16.6 Å². The van der Waals surface area contributed by atoms with Gasteiger partial charge in [0.2, 0.25) is 17.7 Å². The highest BCUT2D eigenvalue weighted by molar-refractivity contribution is 5.94. The third-order valence-corrected chi connectivity index (χ3v) is 5.03. The molecule has 0 unspecified atom stereocenters. The molecule has 0 saturated heterocycles. The molecular formula is C25H43N3O11. The van der Waals surface area contributed by atoms with Crippen molar-refractivity contribution in [2.24, 2.45) is 29.2 Å². The number of hydrogen-bond acceptors (Lipinski definition) is 10. The second-order valence-electron chi connectivity index (χ2n) is 8.65. The van der Waals surface area contributed by atoms with Crippen LogP contribution < -0.4 is 16.8 Å². The summed E-state index contributed by atoms with van der Waals surface area (Å²) in [7, 11) is 2.50. The van der Waals surface area contributed by atoms with Crippen LogP contribution in [0.25, 0.3) is 0 Å². The minimum atomic E-state index is -0.989. The van der Waals surface area contributed by atoms with Gasteiger partial charge in [0, 0.05) is 38.0 Å². The van der Waals surface area contributed by atoms with E-state index in [1.165, 1.54) is 21.1 Å². The molecule has 0 aliphatic carbocycles. The van der Waals surface area contributed by atoms with Gasteiger partial charge in [-0.2, -0.15) is 0 Å². The zero-order chi connectivity index (χ0) is 31.3. The van der Waals surface area contributed by atoms with E-state index >= 15 is 0 Å². The lowest BCUT2D eigenvalue weighted by molar-refractivity contribution is -0.147. The average molecular weight is 562 g/mol. The molecule has 14 nitrogen and oxygen atoms in total. The highest BCUT2D eigenvalue weighted by atomic mass is 16.5. The summed E-state index contributed by atoms with van der Waals surface area (Å²) >= 11 is 0. The van der Waals surface area contributed by atoms with Crippen LogP contribution in [0, 0.1) is 17.8 Å². The Kier molecular flexibility index (Phi) is 22.6. The molecule has 6 N–H and O–H groups in total. The molecule has 0 heterocycles. The number of carbonyl (C=O) groups is 8. The van der Waals surface area contributed by atoms with E-state index in [0.29, 0.717) is 0 Å². The van der Waals surface area contributed by atoms with Gasteiger partial charge >= 0.3 is 17.9 Å². The number of carboxylic acid groups (broad SMARTS) is 1. The number of nitrogens with one attached hydrogen (secondary N) is 1. The fraction of sp³-hybridized carbons (Fsp3) is 0.680. The summed E-state index contributed by atoms with van der Waals surface area (Å²) < 4.78 is 9.00. The van der Waals surface area contributed by atoms with Crippen molar-refractivity contribution in [3.63, 3.8) is 0 Å². The van der Waals surface area contributed by atoms with Gasteiger partial charge in [-0.25, -0.2) is 0 Å². The van der Waals surface area contributed by atoms with Crippen molar-refractivity contribution in [3.05, 3.63) is 0 Å². The van der Waals surface area contributed by atoms with Crippen LogP contribution >= 0.6 is 0 Å². The van der Waals surface area contributed by atoms with Gasteiger partial charge in [0.05, 0.1) is 38.5 Å². The van der Waals surface area contributed by atoms with Crippen molar-refractivity contribution >= 4 is 47.2 Å². The Bertz CT molecular complexity index is 858. The van der Waals surface area contributed by atoms with Crippen molar-refractivity contribution in [3.8, 4) is 0 Å². The number of esters is 2. The van der Waals surface area contributed by atoms with Gasteiger partial charge < -0.3 is 31.4 Å². The van der Waals surface area contributed by atoms with Gasteiger partial charge in [-0.1, -0.05) is 34.6 Å². The molecule has 0 aromatic heterocycles. The molecule has 0 rings (SSSR count). The lowest BCUT2D eigenvalue weighted by Crippen LogP contribution is -2.44. The monoisotopic (exact) mass is 561 g/mol. The van der Waals surface area contributed by atoms with E-state index in [0.717, 1.165) is 0 Å². The van der Waals surface area contributed by atoms with Crippen molar-refractivity contribution in [1.82, 2.24) is 5.32 Å². The average Bonchev–Trinajstić information content (AvgIpc) is 2.86. The molecule has 0 aromatic carbocycles. The molecule has 0 bridgehead atoms. The molecular weight excluding hydrogens is 518 g/mol. The molecule has 39 heavy (non-hydrogen) atoms. The summed E-state index contributed by atoms with van der Waals surface area (Å²) in [6, 6.07) is -0.989. The Morgan fingerprint density at radius 3 is 1.36 bits per heavy atom. The Morgan fingerprint density at radius 1 is 0.667 bits per heavy atom. The van der Waals surface area contributed by atoms with Crippen LogP contribution in [0.5, 0.6) is 0 Å². The number of carboxylic acids is 1. The normalized spacial score (nSPS) is 12.8. The molecule has 3 amide bonds. The van der Waals surface area contributed by atoms with E-state index in [9.17, 15) is 38.4 Å². The lowest BCUT2D eigenvalue weighted by atomic mass is 9.94. The third kappa shape index (κ3) is 21.9.